The second kappa shape index (κ2) is 6.80. The van der Waals surface area contributed by atoms with Crippen molar-refractivity contribution in [1.29, 1.82) is 0 Å². The number of hydrogen-bond acceptors (Lipinski definition) is 4. The van der Waals surface area contributed by atoms with Gasteiger partial charge in [-0.25, -0.2) is 0 Å². The van der Waals surface area contributed by atoms with Crippen LogP contribution in [0.4, 0.5) is 0 Å². The molecule has 0 spiro atoms. The molecule has 1 atom stereocenters. The summed E-state index contributed by atoms with van der Waals surface area (Å²) in [6.07, 6.45) is 4.35. The Balaban J connectivity index is 2.11. The average Bonchev–Trinajstić information content (AvgIpc) is 2.27. The average molecular weight is 214 g/mol. The Morgan fingerprint density at radius 2 is 2.33 bits per heavy atom. The number of carbonyl (C=O) groups excluding carboxylic acids is 1. The van der Waals surface area contributed by atoms with Crippen molar-refractivity contribution in [3.8, 4) is 0 Å². The highest BCUT2D eigenvalue weighted by Crippen LogP contribution is 2.07. The molecule has 0 aromatic heterocycles. The number of carbonyl (C=O) groups is 1. The number of nitrogens with zero attached hydrogens (tertiary/aromatic N) is 1. The Labute approximate surface area is 92.0 Å². The zero-order valence-electron chi connectivity index (χ0n) is 9.79. The third kappa shape index (κ3) is 5.14. The van der Waals surface area contributed by atoms with E-state index < -0.39 is 0 Å². The van der Waals surface area contributed by atoms with Gasteiger partial charge in [0.15, 0.2) is 0 Å². The van der Waals surface area contributed by atoms with Gasteiger partial charge in [0, 0.05) is 19.1 Å². The summed E-state index contributed by atoms with van der Waals surface area (Å²) >= 11 is 0. The molecule has 88 valence electrons. The van der Waals surface area contributed by atoms with E-state index in [0.717, 1.165) is 19.6 Å². The Hall–Kier alpha value is -0.610. The number of ether oxygens (including phenoxy) is 1. The van der Waals surface area contributed by atoms with Crippen molar-refractivity contribution in [1.82, 2.24) is 10.2 Å². The summed E-state index contributed by atoms with van der Waals surface area (Å²) in [6.45, 7) is 2.94. The summed E-state index contributed by atoms with van der Waals surface area (Å²) < 4.78 is 4.61. The first-order valence-electron chi connectivity index (χ1n) is 5.71. The van der Waals surface area contributed by atoms with Gasteiger partial charge in [0.1, 0.15) is 0 Å². The van der Waals surface area contributed by atoms with Crippen molar-refractivity contribution in [3.05, 3.63) is 0 Å². The number of likely N-dealkylation sites (N-methyl/N-ethyl adjacent to an activating group) is 1. The Morgan fingerprint density at radius 3 is 2.93 bits per heavy atom. The molecule has 0 aromatic carbocycles. The molecule has 0 amide bonds. The molecule has 1 heterocycles. The maximum Gasteiger partial charge on any atom is 0.306 e. The molecule has 1 saturated heterocycles. The van der Waals surface area contributed by atoms with Gasteiger partial charge >= 0.3 is 5.97 Å². The Morgan fingerprint density at radius 1 is 1.53 bits per heavy atom. The summed E-state index contributed by atoms with van der Waals surface area (Å²) in [4.78, 5) is 13.1. The van der Waals surface area contributed by atoms with Crippen molar-refractivity contribution in [2.24, 2.45) is 0 Å². The number of esters is 1. The summed E-state index contributed by atoms with van der Waals surface area (Å²) in [7, 11) is 3.49. The van der Waals surface area contributed by atoms with Crippen molar-refractivity contribution in [2.75, 3.05) is 33.8 Å². The number of hydrogen-bond donors (Lipinski definition) is 1. The largest absolute Gasteiger partial charge is 0.469 e. The second-order valence-corrected chi connectivity index (χ2v) is 4.24. The normalized spacial score (nSPS) is 21.7. The van der Waals surface area contributed by atoms with Crippen LogP contribution in [0.1, 0.15) is 25.7 Å². The first-order valence-corrected chi connectivity index (χ1v) is 5.71. The zero-order valence-corrected chi connectivity index (χ0v) is 9.79. The number of piperidine rings is 1. The highest BCUT2D eigenvalue weighted by molar-refractivity contribution is 5.69. The van der Waals surface area contributed by atoms with Crippen LogP contribution >= 0.6 is 0 Å². The predicted molar refractivity (Wildman–Crippen MR) is 59.8 cm³/mol. The predicted octanol–water partition coefficient (Wildman–Crippen LogP) is 0.623. The van der Waals surface area contributed by atoms with Gasteiger partial charge in [0.2, 0.25) is 0 Å². The highest BCUT2D eigenvalue weighted by Gasteiger charge is 2.14. The highest BCUT2D eigenvalue weighted by atomic mass is 16.5. The molecule has 4 nitrogen and oxygen atoms in total. The lowest BCUT2D eigenvalue weighted by atomic mass is 10.0. The molecule has 0 radical (unpaired) electrons. The standard InChI is InChI=1S/C11H22N2O2/c1-13(8-6-11(14)15-2)9-10-5-3-4-7-12-10/h10,12H,3-9H2,1-2H3. The fourth-order valence-corrected chi connectivity index (χ4v) is 1.93. The summed E-state index contributed by atoms with van der Waals surface area (Å²) in [5.41, 5.74) is 0. The lowest BCUT2D eigenvalue weighted by Crippen LogP contribution is -2.42. The first kappa shape index (κ1) is 12.5. The summed E-state index contributed by atoms with van der Waals surface area (Å²) in [5.74, 6) is -0.126. The molecule has 0 aliphatic carbocycles. The molecule has 0 aromatic rings. The molecule has 1 unspecified atom stereocenters. The fourth-order valence-electron chi connectivity index (χ4n) is 1.93. The smallest absolute Gasteiger partial charge is 0.306 e. The van der Waals surface area contributed by atoms with Gasteiger partial charge in [-0.1, -0.05) is 6.42 Å². The third-order valence-electron chi connectivity index (χ3n) is 2.87. The first-order chi connectivity index (χ1) is 7.22. The molecule has 1 fully saturated rings. The van der Waals surface area contributed by atoms with Crippen LogP contribution in [0.5, 0.6) is 0 Å². The van der Waals surface area contributed by atoms with E-state index in [1.165, 1.54) is 26.4 Å². The van der Waals surface area contributed by atoms with E-state index >= 15 is 0 Å². The van der Waals surface area contributed by atoms with Gasteiger partial charge in [-0.2, -0.15) is 0 Å². The lowest BCUT2D eigenvalue weighted by Gasteiger charge is -2.27. The molecular weight excluding hydrogens is 192 g/mol. The molecule has 0 saturated carbocycles. The van der Waals surface area contributed by atoms with E-state index in [0.29, 0.717) is 12.5 Å². The Bertz CT molecular complexity index is 191. The van der Waals surface area contributed by atoms with Crippen LogP contribution in [0.2, 0.25) is 0 Å². The van der Waals surface area contributed by atoms with E-state index in [1.54, 1.807) is 0 Å². The van der Waals surface area contributed by atoms with Gasteiger partial charge in [0.05, 0.1) is 13.5 Å². The van der Waals surface area contributed by atoms with Gasteiger partial charge < -0.3 is 15.0 Å². The van der Waals surface area contributed by atoms with Gasteiger partial charge in [-0.05, 0) is 26.4 Å². The summed E-state index contributed by atoms with van der Waals surface area (Å²) in [6, 6.07) is 0.599. The maximum absolute atomic E-state index is 10.9. The van der Waals surface area contributed by atoms with E-state index in [2.05, 4.69) is 22.0 Å². The van der Waals surface area contributed by atoms with E-state index in [9.17, 15) is 4.79 Å². The molecule has 1 aliphatic heterocycles. The van der Waals surface area contributed by atoms with Crippen molar-refractivity contribution < 1.29 is 9.53 Å². The van der Waals surface area contributed by atoms with Crippen LogP contribution in [0.25, 0.3) is 0 Å². The number of rotatable bonds is 5. The molecule has 1 rings (SSSR count). The van der Waals surface area contributed by atoms with Crippen LogP contribution in [0.15, 0.2) is 0 Å². The van der Waals surface area contributed by atoms with Crippen LogP contribution in [-0.4, -0.2) is 50.7 Å². The fraction of sp³-hybridized carbons (Fsp3) is 0.909. The van der Waals surface area contributed by atoms with Gasteiger partial charge in [0.25, 0.3) is 0 Å². The molecule has 4 heteroatoms. The van der Waals surface area contributed by atoms with E-state index in [-0.39, 0.29) is 5.97 Å². The minimum atomic E-state index is -0.126. The minimum absolute atomic E-state index is 0.126. The van der Waals surface area contributed by atoms with Crippen molar-refractivity contribution in [2.45, 2.75) is 31.7 Å². The van der Waals surface area contributed by atoms with Crippen LogP contribution in [-0.2, 0) is 9.53 Å². The van der Waals surface area contributed by atoms with Crippen molar-refractivity contribution >= 4 is 5.97 Å². The zero-order chi connectivity index (χ0) is 11.1. The van der Waals surface area contributed by atoms with Gasteiger partial charge in [-0.3, -0.25) is 4.79 Å². The van der Waals surface area contributed by atoms with Crippen LogP contribution in [0, 0.1) is 0 Å². The maximum atomic E-state index is 10.9. The second-order valence-electron chi connectivity index (χ2n) is 4.24. The number of methoxy groups -OCH3 is 1. The van der Waals surface area contributed by atoms with Crippen molar-refractivity contribution in [3.63, 3.8) is 0 Å². The lowest BCUT2D eigenvalue weighted by molar-refractivity contribution is -0.140. The van der Waals surface area contributed by atoms with Crippen LogP contribution < -0.4 is 5.32 Å². The number of nitrogens with one attached hydrogen (secondary N) is 1. The monoisotopic (exact) mass is 214 g/mol. The van der Waals surface area contributed by atoms with E-state index in [4.69, 9.17) is 0 Å². The topological polar surface area (TPSA) is 41.6 Å². The van der Waals surface area contributed by atoms with E-state index in [1.807, 2.05) is 0 Å². The molecule has 1 aliphatic rings. The quantitative estimate of drug-likeness (QED) is 0.681. The molecular formula is C11H22N2O2. The SMILES string of the molecule is COC(=O)CCN(C)CC1CCCCN1. The minimum Gasteiger partial charge on any atom is -0.469 e. The Kier molecular flexibility index (Phi) is 5.65. The third-order valence-corrected chi connectivity index (χ3v) is 2.87. The van der Waals surface area contributed by atoms with Gasteiger partial charge in [-0.15, -0.1) is 0 Å². The van der Waals surface area contributed by atoms with Crippen LogP contribution in [0.3, 0.4) is 0 Å². The summed E-state index contributed by atoms with van der Waals surface area (Å²) in [5, 5.41) is 3.49. The molecule has 0 bridgehead atoms. The molecule has 1 N–H and O–H groups in total. The molecule has 15 heavy (non-hydrogen) atoms.